The van der Waals surface area contributed by atoms with Crippen LogP contribution in [0.2, 0.25) is 0 Å². The van der Waals surface area contributed by atoms with Crippen molar-refractivity contribution in [2.75, 3.05) is 0 Å². The van der Waals surface area contributed by atoms with Crippen molar-refractivity contribution in [1.29, 1.82) is 0 Å². The van der Waals surface area contributed by atoms with Crippen molar-refractivity contribution in [2.24, 2.45) is 11.3 Å². The smallest absolute Gasteiger partial charge is 0.161 e. The monoisotopic (exact) mass is 616 g/mol. The first-order chi connectivity index (χ1) is 20.9. The van der Waals surface area contributed by atoms with Crippen molar-refractivity contribution in [1.82, 2.24) is 0 Å². The first kappa shape index (κ1) is 36.6. The van der Waals surface area contributed by atoms with Crippen molar-refractivity contribution in [3.63, 3.8) is 0 Å². The van der Waals surface area contributed by atoms with E-state index in [4.69, 9.17) is 9.47 Å². The molecule has 5 nitrogen and oxygen atoms in total. The van der Waals surface area contributed by atoms with Crippen LogP contribution in [0.5, 0.6) is 0 Å². The average Bonchev–Trinajstić information content (AvgIpc) is 3.45. The number of rotatable bonds is 13. The molecule has 3 fully saturated rings. The number of hydrogen-bond donors (Lipinski definition) is 1. The quantitative estimate of drug-likeness (QED) is 0.165. The third kappa shape index (κ3) is 9.12. The summed E-state index contributed by atoms with van der Waals surface area (Å²) in [5.74, 6) is 0.414. The third-order valence-electron chi connectivity index (χ3n) is 9.92. The van der Waals surface area contributed by atoms with Gasteiger partial charge in [0.2, 0.25) is 0 Å². The van der Waals surface area contributed by atoms with Crippen molar-refractivity contribution in [3.05, 3.63) is 95.2 Å². The summed E-state index contributed by atoms with van der Waals surface area (Å²) in [5, 5.41) is 11.1. The van der Waals surface area contributed by atoms with Crippen LogP contribution in [0.1, 0.15) is 101 Å². The second-order valence-corrected chi connectivity index (χ2v) is 14.8. The van der Waals surface area contributed by atoms with Crippen molar-refractivity contribution < 1.29 is 24.2 Å². The van der Waals surface area contributed by atoms with E-state index in [0.29, 0.717) is 24.8 Å². The van der Waals surface area contributed by atoms with Gasteiger partial charge in [0.15, 0.2) is 5.78 Å². The highest BCUT2D eigenvalue weighted by molar-refractivity contribution is 5.95. The minimum Gasteiger partial charge on any atom is -0.387 e. The lowest BCUT2D eigenvalue weighted by molar-refractivity contribution is -0.126. The molecule has 3 rings (SSSR count). The fourth-order valence-electron chi connectivity index (χ4n) is 7.12. The standard InChI is InChI=1S/C40H56O5/c1-28(17-13-18-30(3)21-22-40-37(7,8)25-35(45-40)26-39(40,10)43)15-11-12-16-29(2)19-14-20-31(4)36(42)27-38(9)32(5)23-34(44-38)24-33(6)41/h11-22,32,34-35,43H,23-27H2,1-10H3/b12-11+,17-13+,19-14+,22-21+,28-15+,29-16+,30-18+,31-20+/t32-,34-,35-,38+,39+,40+/m1/s1. The number of hydrogen-bond acceptors (Lipinski definition) is 5. The van der Waals surface area contributed by atoms with Crippen molar-refractivity contribution >= 4 is 11.6 Å². The lowest BCUT2D eigenvalue weighted by atomic mass is 9.61. The zero-order valence-electron chi connectivity index (χ0n) is 29.3. The first-order valence-corrected chi connectivity index (χ1v) is 16.4. The number of carbonyl (C=O) groups excluding carboxylic acids is 2. The van der Waals surface area contributed by atoms with Gasteiger partial charge in [0, 0.05) is 24.7 Å². The maximum Gasteiger partial charge on any atom is 0.161 e. The van der Waals surface area contributed by atoms with Crippen LogP contribution in [0.4, 0.5) is 0 Å². The molecule has 2 bridgehead atoms. The van der Waals surface area contributed by atoms with Crippen LogP contribution in [0.15, 0.2) is 95.2 Å². The van der Waals surface area contributed by atoms with E-state index in [2.05, 4.69) is 65.0 Å². The van der Waals surface area contributed by atoms with Crippen LogP contribution in [0.25, 0.3) is 0 Å². The largest absolute Gasteiger partial charge is 0.387 e. The van der Waals surface area contributed by atoms with Gasteiger partial charge in [-0.2, -0.15) is 0 Å². The maximum absolute atomic E-state index is 12.9. The number of carbonyl (C=O) groups is 2. The van der Waals surface area contributed by atoms with Gasteiger partial charge in [-0.25, -0.2) is 0 Å². The van der Waals surface area contributed by atoms with Gasteiger partial charge in [-0.15, -0.1) is 0 Å². The first-order valence-electron chi connectivity index (χ1n) is 16.4. The molecule has 0 spiro atoms. The molecule has 0 aromatic rings. The van der Waals surface area contributed by atoms with Gasteiger partial charge < -0.3 is 14.6 Å². The minimum absolute atomic E-state index is 0.0698. The molecule has 0 amide bonds. The van der Waals surface area contributed by atoms with Crippen molar-refractivity contribution in [2.45, 2.75) is 130 Å². The van der Waals surface area contributed by atoms with Gasteiger partial charge >= 0.3 is 0 Å². The average molecular weight is 617 g/mol. The highest BCUT2D eigenvalue weighted by Gasteiger charge is 2.67. The Labute approximate surface area is 272 Å². The van der Waals surface area contributed by atoms with Crippen LogP contribution in [0, 0.1) is 11.3 Å². The maximum atomic E-state index is 12.9. The van der Waals surface area contributed by atoms with Crippen LogP contribution < -0.4 is 0 Å². The molecule has 0 saturated carbocycles. The van der Waals surface area contributed by atoms with Crippen molar-refractivity contribution in [3.8, 4) is 0 Å². The predicted octanol–water partition coefficient (Wildman–Crippen LogP) is 8.83. The topological polar surface area (TPSA) is 72.8 Å². The number of ketones is 2. The van der Waals surface area contributed by atoms with Crippen LogP contribution in [0.3, 0.4) is 0 Å². The number of fused-ring (bicyclic) bond motifs is 2. The molecule has 3 heterocycles. The Balaban J connectivity index is 1.49. The molecular weight excluding hydrogens is 560 g/mol. The Hall–Kier alpha value is -2.86. The molecule has 0 aromatic heterocycles. The second-order valence-electron chi connectivity index (χ2n) is 14.8. The summed E-state index contributed by atoms with van der Waals surface area (Å²) in [6.45, 7) is 19.9. The summed E-state index contributed by atoms with van der Waals surface area (Å²) in [5.41, 5.74) is 1.83. The molecule has 3 saturated heterocycles. The van der Waals surface area contributed by atoms with Gasteiger partial charge in [0.25, 0.3) is 0 Å². The van der Waals surface area contributed by atoms with Gasteiger partial charge in [-0.05, 0) is 78.9 Å². The minimum atomic E-state index is -0.861. The van der Waals surface area contributed by atoms with E-state index < -0.39 is 16.8 Å². The second kappa shape index (κ2) is 14.7. The molecule has 0 aromatic carbocycles. The number of ether oxygens (including phenoxy) is 2. The summed E-state index contributed by atoms with van der Waals surface area (Å²) in [4.78, 5) is 24.4. The Morgan fingerprint density at radius 3 is 1.89 bits per heavy atom. The lowest BCUT2D eigenvalue weighted by Crippen LogP contribution is -2.56. The Morgan fingerprint density at radius 2 is 1.33 bits per heavy atom. The van der Waals surface area contributed by atoms with E-state index >= 15 is 0 Å². The Kier molecular flexibility index (Phi) is 12.0. The molecule has 246 valence electrons. The highest BCUT2D eigenvalue weighted by atomic mass is 16.5. The zero-order valence-corrected chi connectivity index (χ0v) is 29.3. The molecule has 0 unspecified atom stereocenters. The summed E-state index contributed by atoms with van der Waals surface area (Å²) < 4.78 is 12.5. The van der Waals surface area contributed by atoms with E-state index in [-0.39, 0.29) is 35.1 Å². The molecule has 1 N–H and O–H groups in total. The number of Topliss-reactive ketones (excluding diaryl/α,β-unsaturated/α-hetero) is 2. The summed E-state index contributed by atoms with van der Waals surface area (Å²) in [7, 11) is 0. The van der Waals surface area contributed by atoms with Gasteiger partial charge in [-0.1, -0.05) is 104 Å². The molecule has 3 aliphatic rings. The summed E-state index contributed by atoms with van der Waals surface area (Å²) in [6, 6.07) is 0. The predicted molar refractivity (Wildman–Crippen MR) is 185 cm³/mol. The lowest BCUT2D eigenvalue weighted by Gasteiger charge is -2.46. The van der Waals surface area contributed by atoms with Crippen LogP contribution in [-0.4, -0.2) is 45.7 Å². The van der Waals surface area contributed by atoms with Gasteiger partial charge in [-0.3, -0.25) is 9.59 Å². The van der Waals surface area contributed by atoms with Crippen LogP contribution >= 0.6 is 0 Å². The SMILES string of the molecule is CC(=O)C[C@H]1C[C@@H](C)[C@](C)(CC(=O)/C(C)=C/C=C/C(C)=C/C=C/C=C(C)/C=C/C=C(C)/C=C/[C@]23O[C@H](CC2(C)C)C[C@]3(C)O)O1. The highest BCUT2D eigenvalue weighted by Crippen LogP contribution is 2.60. The fourth-order valence-corrected chi connectivity index (χ4v) is 7.12. The third-order valence-corrected chi connectivity index (χ3v) is 9.92. The van der Waals surface area contributed by atoms with E-state index in [1.807, 2.05) is 70.2 Å². The summed E-state index contributed by atoms with van der Waals surface area (Å²) in [6.07, 6.45) is 27.4. The van der Waals surface area contributed by atoms with E-state index in [0.717, 1.165) is 29.6 Å². The van der Waals surface area contributed by atoms with Gasteiger partial charge in [0.05, 0.1) is 23.4 Å². The molecule has 45 heavy (non-hydrogen) atoms. The van der Waals surface area contributed by atoms with E-state index in [9.17, 15) is 14.7 Å². The molecule has 3 aliphatic heterocycles. The Morgan fingerprint density at radius 1 is 0.778 bits per heavy atom. The Bertz CT molecular complexity index is 1340. The van der Waals surface area contributed by atoms with E-state index in [1.54, 1.807) is 6.92 Å². The molecule has 0 radical (unpaired) electrons. The fraction of sp³-hybridized carbons (Fsp3) is 0.550. The van der Waals surface area contributed by atoms with Crippen LogP contribution in [-0.2, 0) is 19.1 Å². The normalized spacial score (nSPS) is 34.4. The zero-order chi connectivity index (χ0) is 33.6. The van der Waals surface area contributed by atoms with E-state index in [1.165, 1.54) is 0 Å². The van der Waals surface area contributed by atoms with Gasteiger partial charge in [0.1, 0.15) is 11.4 Å². The summed E-state index contributed by atoms with van der Waals surface area (Å²) >= 11 is 0. The molecule has 5 heteroatoms. The number of aliphatic hydroxyl groups is 1. The molecular formula is C40H56O5. The molecule has 6 atom stereocenters. The number of allylic oxidation sites excluding steroid dienone is 15. The molecule has 0 aliphatic carbocycles.